The number of hydrogen-bond donors (Lipinski definition) is 2. The van der Waals surface area contributed by atoms with E-state index in [1.54, 1.807) is 0 Å². The van der Waals surface area contributed by atoms with Crippen LogP contribution in [0.5, 0.6) is 5.75 Å². The summed E-state index contributed by atoms with van der Waals surface area (Å²) in [5.41, 5.74) is 0.373. The number of rotatable bonds is 5. The van der Waals surface area contributed by atoms with Crippen LogP contribution in [-0.4, -0.2) is 35.6 Å². The summed E-state index contributed by atoms with van der Waals surface area (Å²) < 4.78 is 41.4. The summed E-state index contributed by atoms with van der Waals surface area (Å²) in [7, 11) is 0. The lowest BCUT2D eigenvalue weighted by Crippen LogP contribution is -2.50. The SMILES string of the molecule is C[C@@H]1CC(=O)N[C@H](C(=O)NCc2ccncc2OCC(F)(F)F)C1. The fourth-order valence-electron chi connectivity index (χ4n) is 2.44. The second kappa shape index (κ2) is 7.50. The molecule has 1 saturated heterocycles. The first-order chi connectivity index (χ1) is 11.2. The minimum absolute atomic E-state index is 0.0186. The second-order valence-corrected chi connectivity index (χ2v) is 5.77. The van der Waals surface area contributed by atoms with E-state index in [9.17, 15) is 22.8 Å². The monoisotopic (exact) mass is 345 g/mol. The summed E-state index contributed by atoms with van der Waals surface area (Å²) in [4.78, 5) is 27.3. The van der Waals surface area contributed by atoms with Crippen LogP contribution in [0.3, 0.4) is 0 Å². The molecule has 2 amide bonds. The predicted octanol–water partition coefficient (Wildman–Crippen LogP) is 1.55. The van der Waals surface area contributed by atoms with Crippen molar-refractivity contribution < 1.29 is 27.5 Å². The number of alkyl halides is 3. The van der Waals surface area contributed by atoms with E-state index in [-0.39, 0.29) is 30.0 Å². The summed E-state index contributed by atoms with van der Waals surface area (Å²) >= 11 is 0. The van der Waals surface area contributed by atoms with Crippen molar-refractivity contribution >= 4 is 11.8 Å². The van der Waals surface area contributed by atoms with Crippen LogP contribution in [0, 0.1) is 5.92 Å². The zero-order valence-electron chi connectivity index (χ0n) is 13.0. The molecule has 9 heteroatoms. The van der Waals surface area contributed by atoms with Crippen LogP contribution in [0.15, 0.2) is 18.5 Å². The summed E-state index contributed by atoms with van der Waals surface area (Å²) in [5, 5.41) is 5.20. The third-order valence-electron chi connectivity index (χ3n) is 3.54. The van der Waals surface area contributed by atoms with E-state index in [4.69, 9.17) is 4.74 Å². The number of amides is 2. The first-order valence-electron chi connectivity index (χ1n) is 7.44. The predicted molar refractivity (Wildman–Crippen MR) is 78.0 cm³/mol. The van der Waals surface area contributed by atoms with Gasteiger partial charge >= 0.3 is 6.18 Å². The van der Waals surface area contributed by atoms with E-state index in [0.717, 1.165) is 6.20 Å². The third kappa shape index (κ3) is 5.39. The maximum absolute atomic E-state index is 12.2. The number of carbonyl (C=O) groups is 2. The van der Waals surface area contributed by atoms with Crippen LogP contribution in [0.2, 0.25) is 0 Å². The van der Waals surface area contributed by atoms with Gasteiger partial charge in [0.2, 0.25) is 11.8 Å². The van der Waals surface area contributed by atoms with Gasteiger partial charge in [-0.1, -0.05) is 6.92 Å². The molecule has 0 aliphatic carbocycles. The van der Waals surface area contributed by atoms with Crippen molar-refractivity contribution in [1.82, 2.24) is 15.6 Å². The molecule has 2 atom stereocenters. The van der Waals surface area contributed by atoms with Gasteiger partial charge in [-0.2, -0.15) is 13.2 Å². The fourth-order valence-corrected chi connectivity index (χ4v) is 2.44. The van der Waals surface area contributed by atoms with Crippen LogP contribution in [0.4, 0.5) is 13.2 Å². The largest absolute Gasteiger partial charge is 0.482 e. The van der Waals surface area contributed by atoms with Crippen molar-refractivity contribution in [3.05, 3.63) is 24.0 Å². The van der Waals surface area contributed by atoms with E-state index in [0.29, 0.717) is 18.4 Å². The molecule has 1 fully saturated rings. The molecule has 24 heavy (non-hydrogen) atoms. The Bertz CT molecular complexity index is 607. The zero-order chi connectivity index (χ0) is 17.7. The van der Waals surface area contributed by atoms with Crippen molar-refractivity contribution in [3.63, 3.8) is 0 Å². The number of halogens is 3. The van der Waals surface area contributed by atoms with Crippen LogP contribution in [0.1, 0.15) is 25.3 Å². The van der Waals surface area contributed by atoms with E-state index in [1.165, 1.54) is 12.3 Å². The minimum Gasteiger partial charge on any atom is -0.482 e. The molecule has 0 spiro atoms. The summed E-state index contributed by atoms with van der Waals surface area (Å²) in [5.74, 6) is -0.516. The van der Waals surface area contributed by atoms with Crippen LogP contribution in [-0.2, 0) is 16.1 Å². The molecule has 0 unspecified atom stereocenters. The van der Waals surface area contributed by atoms with Crippen molar-refractivity contribution in [2.75, 3.05) is 6.61 Å². The Kier molecular flexibility index (Phi) is 5.63. The van der Waals surface area contributed by atoms with E-state index < -0.39 is 18.8 Å². The first-order valence-corrected chi connectivity index (χ1v) is 7.44. The maximum Gasteiger partial charge on any atom is 0.422 e. The molecule has 2 rings (SSSR count). The highest BCUT2D eigenvalue weighted by molar-refractivity contribution is 5.88. The van der Waals surface area contributed by atoms with Crippen molar-refractivity contribution in [3.8, 4) is 5.75 Å². The molecule has 1 aromatic heterocycles. The van der Waals surface area contributed by atoms with Gasteiger partial charge in [-0.25, -0.2) is 0 Å². The van der Waals surface area contributed by atoms with Gasteiger partial charge in [0.15, 0.2) is 6.61 Å². The van der Waals surface area contributed by atoms with Crippen molar-refractivity contribution in [2.24, 2.45) is 5.92 Å². The third-order valence-corrected chi connectivity index (χ3v) is 3.54. The first kappa shape index (κ1) is 18.0. The summed E-state index contributed by atoms with van der Waals surface area (Å²) in [6.07, 6.45) is -1.00. The molecule has 0 bridgehead atoms. The van der Waals surface area contributed by atoms with E-state index >= 15 is 0 Å². The Labute approximate surface area is 136 Å². The van der Waals surface area contributed by atoms with Crippen molar-refractivity contribution in [2.45, 2.75) is 38.5 Å². The van der Waals surface area contributed by atoms with Gasteiger partial charge in [0.25, 0.3) is 0 Å². The topological polar surface area (TPSA) is 80.3 Å². The van der Waals surface area contributed by atoms with Gasteiger partial charge in [0.1, 0.15) is 11.8 Å². The maximum atomic E-state index is 12.2. The Morgan fingerprint density at radius 3 is 2.92 bits per heavy atom. The number of aromatic nitrogens is 1. The lowest BCUT2D eigenvalue weighted by Gasteiger charge is -2.26. The van der Waals surface area contributed by atoms with Crippen molar-refractivity contribution in [1.29, 1.82) is 0 Å². The van der Waals surface area contributed by atoms with Gasteiger partial charge in [-0.3, -0.25) is 14.6 Å². The molecule has 1 aliphatic rings. The van der Waals surface area contributed by atoms with Crippen LogP contribution in [0.25, 0.3) is 0 Å². The summed E-state index contributed by atoms with van der Waals surface area (Å²) in [6, 6.07) is 0.830. The number of ether oxygens (including phenoxy) is 1. The quantitative estimate of drug-likeness (QED) is 0.849. The number of piperidine rings is 1. The number of pyridine rings is 1. The van der Waals surface area contributed by atoms with E-state index in [1.807, 2.05) is 6.92 Å². The Hall–Kier alpha value is -2.32. The van der Waals surface area contributed by atoms with E-state index in [2.05, 4.69) is 15.6 Å². The molecule has 2 heterocycles. The smallest absolute Gasteiger partial charge is 0.422 e. The lowest BCUT2D eigenvalue weighted by molar-refractivity contribution is -0.153. The van der Waals surface area contributed by atoms with Gasteiger partial charge in [-0.15, -0.1) is 0 Å². The average Bonchev–Trinajstić information content (AvgIpc) is 2.49. The Balaban J connectivity index is 1.94. The molecule has 2 N–H and O–H groups in total. The number of nitrogens with one attached hydrogen (secondary N) is 2. The van der Waals surface area contributed by atoms with Gasteiger partial charge in [-0.05, 0) is 18.4 Å². The molecule has 0 aromatic carbocycles. The molecular formula is C15H18F3N3O3. The Morgan fingerprint density at radius 2 is 2.25 bits per heavy atom. The Morgan fingerprint density at radius 1 is 1.50 bits per heavy atom. The molecule has 0 radical (unpaired) electrons. The number of nitrogens with zero attached hydrogens (tertiary/aromatic N) is 1. The van der Waals surface area contributed by atoms with Crippen LogP contribution < -0.4 is 15.4 Å². The normalized spacial score (nSPS) is 21.1. The summed E-state index contributed by atoms with van der Waals surface area (Å²) in [6.45, 7) is 0.427. The second-order valence-electron chi connectivity index (χ2n) is 5.77. The molecule has 1 aromatic rings. The van der Waals surface area contributed by atoms with Gasteiger partial charge in [0.05, 0.1) is 6.20 Å². The minimum atomic E-state index is -4.46. The standard InChI is InChI=1S/C15H18F3N3O3/c1-9-4-11(21-13(22)5-9)14(23)20-6-10-2-3-19-7-12(10)24-8-15(16,17)18/h2-3,7,9,11H,4-6,8H2,1H3,(H,20,23)(H,21,22)/t9-,11-/m0/s1. The molecule has 1 aliphatic heterocycles. The molecule has 132 valence electrons. The van der Waals surface area contributed by atoms with Gasteiger partial charge in [0, 0.05) is 24.7 Å². The lowest BCUT2D eigenvalue weighted by atomic mass is 9.93. The zero-order valence-corrected chi connectivity index (χ0v) is 13.0. The number of hydrogen-bond acceptors (Lipinski definition) is 4. The molecule has 0 saturated carbocycles. The van der Waals surface area contributed by atoms with Gasteiger partial charge < -0.3 is 15.4 Å². The highest BCUT2D eigenvalue weighted by Gasteiger charge is 2.30. The fraction of sp³-hybridized carbons (Fsp3) is 0.533. The average molecular weight is 345 g/mol. The highest BCUT2D eigenvalue weighted by atomic mass is 19.4. The molecular weight excluding hydrogens is 327 g/mol. The van der Waals surface area contributed by atoms with Crippen LogP contribution >= 0.6 is 0 Å². The highest BCUT2D eigenvalue weighted by Crippen LogP contribution is 2.21. The molecule has 6 nitrogen and oxygen atoms in total. The number of carbonyl (C=O) groups excluding carboxylic acids is 2.